The number of anilines is 1. The number of para-hydroxylation sites is 1. The number of nitrogens with one attached hydrogen (secondary N) is 1. The number of amides is 1. The van der Waals surface area contributed by atoms with Crippen molar-refractivity contribution in [2.45, 2.75) is 12.5 Å². The van der Waals surface area contributed by atoms with Gasteiger partial charge in [-0.25, -0.2) is 4.39 Å². The lowest BCUT2D eigenvalue weighted by Crippen LogP contribution is -2.38. The molecule has 0 bridgehead atoms. The van der Waals surface area contributed by atoms with Crippen molar-refractivity contribution in [3.8, 4) is 0 Å². The van der Waals surface area contributed by atoms with Crippen molar-refractivity contribution >= 4 is 23.4 Å². The average molecular weight is 348 g/mol. The molecule has 2 heterocycles. The minimum atomic E-state index is -0.409. The van der Waals surface area contributed by atoms with E-state index in [2.05, 4.69) is 15.3 Å². The van der Waals surface area contributed by atoms with E-state index in [0.717, 1.165) is 18.1 Å². The summed E-state index contributed by atoms with van der Waals surface area (Å²) in [6, 6.07) is 6.51. The number of rotatable bonds is 5. The van der Waals surface area contributed by atoms with Gasteiger partial charge in [-0.3, -0.25) is 14.4 Å². The molecule has 0 radical (unpaired) electrons. The van der Waals surface area contributed by atoms with E-state index >= 15 is 0 Å². The van der Waals surface area contributed by atoms with Crippen LogP contribution < -0.4 is 5.32 Å². The maximum atomic E-state index is 13.6. The van der Waals surface area contributed by atoms with Crippen molar-refractivity contribution in [2.24, 2.45) is 7.05 Å². The van der Waals surface area contributed by atoms with Gasteiger partial charge < -0.3 is 5.32 Å². The van der Waals surface area contributed by atoms with Crippen molar-refractivity contribution in [2.75, 3.05) is 29.9 Å². The highest BCUT2D eigenvalue weighted by atomic mass is 32.2. The maximum Gasteiger partial charge on any atom is 0.225 e. The molecule has 2 aromatic rings. The van der Waals surface area contributed by atoms with Crippen LogP contribution in [0.25, 0.3) is 0 Å². The highest BCUT2D eigenvalue weighted by Crippen LogP contribution is 2.29. The van der Waals surface area contributed by atoms with Gasteiger partial charge in [0.25, 0.3) is 0 Å². The van der Waals surface area contributed by atoms with Crippen LogP contribution in [0, 0.1) is 5.82 Å². The molecule has 0 aliphatic carbocycles. The number of aromatic nitrogens is 2. The highest BCUT2D eigenvalue weighted by molar-refractivity contribution is 7.99. The third-order valence-electron chi connectivity index (χ3n) is 4.12. The lowest BCUT2D eigenvalue weighted by molar-refractivity contribution is -0.116. The molecule has 7 heteroatoms. The number of nitrogens with zero attached hydrogens (tertiary/aromatic N) is 3. The molecule has 1 fully saturated rings. The topological polar surface area (TPSA) is 50.2 Å². The molecule has 1 atom stereocenters. The van der Waals surface area contributed by atoms with Crippen LogP contribution in [0.4, 0.5) is 10.1 Å². The Bertz CT molecular complexity index is 705. The molecule has 24 heavy (non-hydrogen) atoms. The molecule has 1 N–H and O–H groups in total. The molecular weight excluding hydrogens is 327 g/mol. The molecule has 1 aliphatic heterocycles. The fourth-order valence-corrected chi connectivity index (χ4v) is 4.00. The zero-order valence-corrected chi connectivity index (χ0v) is 14.4. The van der Waals surface area contributed by atoms with E-state index in [1.165, 1.54) is 11.6 Å². The van der Waals surface area contributed by atoms with E-state index in [4.69, 9.17) is 0 Å². The Morgan fingerprint density at radius 1 is 1.46 bits per heavy atom. The lowest BCUT2D eigenvalue weighted by atomic mass is 10.1. The van der Waals surface area contributed by atoms with Gasteiger partial charge in [-0.2, -0.15) is 16.9 Å². The summed E-state index contributed by atoms with van der Waals surface area (Å²) < 4.78 is 15.4. The van der Waals surface area contributed by atoms with Crippen LogP contribution in [0.2, 0.25) is 0 Å². The number of hydrogen-bond donors (Lipinski definition) is 1. The predicted octanol–water partition coefficient (Wildman–Crippen LogP) is 2.68. The molecular formula is C17H21FN4OS. The first-order valence-corrected chi connectivity index (χ1v) is 9.13. The zero-order valence-electron chi connectivity index (χ0n) is 13.6. The third-order valence-corrected chi connectivity index (χ3v) is 5.15. The molecule has 1 unspecified atom stereocenters. The quantitative estimate of drug-likeness (QED) is 0.903. The van der Waals surface area contributed by atoms with Gasteiger partial charge in [0.2, 0.25) is 5.91 Å². The summed E-state index contributed by atoms with van der Waals surface area (Å²) in [6.07, 6.45) is 4.27. The van der Waals surface area contributed by atoms with Crippen molar-refractivity contribution in [1.29, 1.82) is 0 Å². The van der Waals surface area contributed by atoms with Crippen LogP contribution in [0.1, 0.15) is 18.0 Å². The van der Waals surface area contributed by atoms with Crippen molar-refractivity contribution in [3.63, 3.8) is 0 Å². The summed E-state index contributed by atoms with van der Waals surface area (Å²) >= 11 is 1.92. The van der Waals surface area contributed by atoms with Gasteiger partial charge in [-0.15, -0.1) is 0 Å². The summed E-state index contributed by atoms with van der Waals surface area (Å²) in [5.74, 6) is 1.49. The zero-order chi connectivity index (χ0) is 16.9. The van der Waals surface area contributed by atoms with Crippen LogP contribution in [-0.4, -0.2) is 45.2 Å². The second kappa shape index (κ2) is 7.81. The molecule has 128 valence electrons. The van der Waals surface area contributed by atoms with E-state index in [-0.39, 0.29) is 17.6 Å². The standard InChI is InChI=1S/C17H21FN4OS/c1-21-11-13(10-19-21)16-12-24-9-8-22(16)7-6-17(23)20-15-5-3-2-4-14(15)18/h2-5,10-11,16H,6-9,12H2,1H3,(H,20,23). The number of hydrogen-bond acceptors (Lipinski definition) is 4. The van der Waals surface area contributed by atoms with Crippen LogP contribution in [-0.2, 0) is 11.8 Å². The van der Waals surface area contributed by atoms with Gasteiger partial charge in [0.15, 0.2) is 0 Å². The Morgan fingerprint density at radius 2 is 2.29 bits per heavy atom. The summed E-state index contributed by atoms with van der Waals surface area (Å²) in [5, 5.41) is 6.89. The normalized spacial score (nSPS) is 18.5. The fraction of sp³-hybridized carbons (Fsp3) is 0.412. The van der Waals surface area contributed by atoms with Crippen molar-refractivity contribution in [3.05, 3.63) is 48.0 Å². The second-order valence-electron chi connectivity index (χ2n) is 5.85. The Labute approximate surface area is 145 Å². The largest absolute Gasteiger partial charge is 0.324 e. The van der Waals surface area contributed by atoms with E-state index < -0.39 is 5.82 Å². The molecule has 1 amide bonds. The Kier molecular flexibility index (Phi) is 5.52. The van der Waals surface area contributed by atoms with Crippen LogP contribution in [0.3, 0.4) is 0 Å². The monoisotopic (exact) mass is 348 g/mol. The number of halogens is 1. The Hall–Kier alpha value is -1.86. The van der Waals surface area contributed by atoms with Crippen LogP contribution in [0.15, 0.2) is 36.7 Å². The first kappa shape index (κ1) is 17.0. The summed E-state index contributed by atoms with van der Waals surface area (Å²) in [6.45, 7) is 1.59. The Morgan fingerprint density at radius 3 is 3.04 bits per heavy atom. The third kappa shape index (κ3) is 4.15. The smallest absolute Gasteiger partial charge is 0.225 e. The summed E-state index contributed by atoms with van der Waals surface area (Å²) in [5.41, 5.74) is 1.42. The van der Waals surface area contributed by atoms with Gasteiger partial charge >= 0.3 is 0 Å². The predicted molar refractivity (Wildman–Crippen MR) is 94.5 cm³/mol. The minimum absolute atomic E-state index is 0.164. The minimum Gasteiger partial charge on any atom is -0.324 e. The van der Waals surface area contributed by atoms with Gasteiger partial charge in [-0.1, -0.05) is 12.1 Å². The molecule has 3 rings (SSSR count). The maximum absolute atomic E-state index is 13.6. The number of aryl methyl sites for hydroxylation is 1. The molecule has 5 nitrogen and oxygen atoms in total. The number of benzene rings is 1. The molecule has 0 saturated carbocycles. The van der Waals surface area contributed by atoms with Crippen LogP contribution >= 0.6 is 11.8 Å². The van der Waals surface area contributed by atoms with E-state index in [1.54, 1.807) is 22.9 Å². The molecule has 0 spiro atoms. The van der Waals surface area contributed by atoms with Gasteiger partial charge in [0.1, 0.15) is 5.82 Å². The first-order valence-electron chi connectivity index (χ1n) is 7.98. The average Bonchev–Trinajstić information content (AvgIpc) is 3.02. The van der Waals surface area contributed by atoms with Crippen LogP contribution in [0.5, 0.6) is 0 Å². The molecule has 1 saturated heterocycles. The van der Waals surface area contributed by atoms with Gasteiger partial charge in [0, 0.05) is 55.9 Å². The molecule has 1 aliphatic rings. The van der Waals surface area contributed by atoms with Crippen molar-refractivity contribution < 1.29 is 9.18 Å². The summed E-state index contributed by atoms with van der Waals surface area (Å²) in [4.78, 5) is 14.4. The number of carbonyl (C=O) groups excluding carboxylic acids is 1. The first-order chi connectivity index (χ1) is 11.6. The molecule has 1 aromatic heterocycles. The van der Waals surface area contributed by atoms with E-state index in [1.807, 2.05) is 31.2 Å². The SMILES string of the molecule is Cn1cc(C2CSCCN2CCC(=O)Nc2ccccc2F)cn1. The van der Waals surface area contributed by atoms with Gasteiger partial charge in [0.05, 0.1) is 11.9 Å². The summed E-state index contributed by atoms with van der Waals surface area (Å²) in [7, 11) is 1.91. The van der Waals surface area contributed by atoms with E-state index in [0.29, 0.717) is 13.0 Å². The van der Waals surface area contributed by atoms with E-state index in [9.17, 15) is 9.18 Å². The van der Waals surface area contributed by atoms with Crippen molar-refractivity contribution in [1.82, 2.24) is 14.7 Å². The lowest BCUT2D eigenvalue weighted by Gasteiger charge is -2.34. The van der Waals surface area contributed by atoms with Gasteiger partial charge in [-0.05, 0) is 12.1 Å². The second-order valence-corrected chi connectivity index (χ2v) is 7.00. The fourth-order valence-electron chi connectivity index (χ4n) is 2.85. The number of carbonyl (C=O) groups is 1. The highest BCUT2D eigenvalue weighted by Gasteiger charge is 2.25. The molecule has 1 aromatic carbocycles. The number of thioether (sulfide) groups is 1. The Balaban J connectivity index is 1.58.